The van der Waals surface area contributed by atoms with Crippen molar-refractivity contribution in [3.63, 3.8) is 0 Å². The fraction of sp³-hybridized carbons (Fsp3) is 0.524. The lowest BCUT2D eigenvalue weighted by atomic mass is 9.89. The second kappa shape index (κ2) is 10.6. The van der Waals surface area contributed by atoms with Crippen molar-refractivity contribution >= 4 is 23.7 Å². The number of ketones is 1. The number of urea groups is 1. The molecule has 7 heteroatoms. The maximum atomic E-state index is 12.3. The van der Waals surface area contributed by atoms with Crippen molar-refractivity contribution in [2.75, 3.05) is 6.61 Å². The minimum absolute atomic E-state index is 0.0216. The standard InChI is InChI=1S/C21H28N2O5/c1-3-14(2)22-21(27)23-19(25)13-28-20(26)11-10-18(24)17-9-8-15-6-4-5-7-16(15)12-17/h8-9,12,14H,3-7,10-11,13H2,1-2H3,(H2,22,23,25,27)/t14-/m0/s1. The molecule has 0 unspecified atom stereocenters. The van der Waals surface area contributed by atoms with E-state index >= 15 is 0 Å². The maximum Gasteiger partial charge on any atom is 0.321 e. The number of hydrogen-bond donors (Lipinski definition) is 2. The average Bonchev–Trinajstić information content (AvgIpc) is 2.69. The van der Waals surface area contributed by atoms with E-state index < -0.39 is 24.5 Å². The Kier molecular flexibility index (Phi) is 8.17. The van der Waals surface area contributed by atoms with Crippen LogP contribution in [-0.2, 0) is 27.2 Å². The number of fused-ring (bicyclic) bond motifs is 1. The first-order chi connectivity index (χ1) is 13.4. The number of nitrogens with one attached hydrogen (secondary N) is 2. The molecule has 1 aliphatic carbocycles. The monoisotopic (exact) mass is 388 g/mol. The van der Waals surface area contributed by atoms with Gasteiger partial charge < -0.3 is 10.1 Å². The normalized spacial score (nSPS) is 13.8. The van der Waals surface area contributed by atoms with Crippen LogP contribution in [0.1, 0.15) is 67.4 Å². The van der Waals surface area contributed by atoms with E-state index in [2.05, 4.69) is 10.6 Å². The molecule has 0 spiro atoms. The van der Waals surface area contributed by atoms with Crippen LogP contribution in [0.25, 0.3) is 0 Å². The number of amides is 3. The molecule has 0 bridgehead atoms. The van der Waals surface area contributed by atoms with E-state index in [1.807, 2.05) is 26.0 Å². The number of Topliss-reactive ketones (excluding diaryl/α,β-unsaturated/α-hetero) is 1. The maximum absolute atomic E-state index is 12.3. The highest BCUT2D eigenvalue weighted by atomic mass is 16.5. The number of carbonyl (C=O) groups excluding carboxylic acids is 4. The molecular formula is C21H28N2O5. The first-order valence-electron chi connectivity index (χ1n) is 9.80. The van der Waals surface area contributed by atoms with Gasteiger partial charge in [-0.1, -0.05) is 19.1 Å². The predicted molar refractivity (Wildman–Crippen MR) is 104 cm³/mol. The first kappa shape index (κ1) is 21.6. The zero-order chi connectivity index (χ0) is 20.5. The molecule has 1 aliphatic rings. The number of carbonyl (C=O) groups is 4. The predicted octanol–water partition coefficient (Wildman–Crippen LogP) is 2.70. The van der Waals surface area contributed by atoms with Gasteiger partial charge in [0.1, 0.15) is 0 Å². The number of benzene rings is 1. The summed E-state index contributed by atoms with van der Waals surface area (Å²) in [5, 5.41) is 4.66. The third-order valence-electron chi connectivity index (χ3n) is 4.83. The molecule has 1 aromatic rings. The van der Waals surface area contributed by atoms with Crippen LogP contribution in [0.3, 0.4) is 0 Å². The zero-order valence-electron chi connectivity index (χ0n) is 16.5. The SMILES string of the molecule is CC[C@H](C)NC(=O)NC(=O)COC(=O)CCC(=O)c1ccc2c(c1)CCCC2. The summed E-state index contributed by atoms with van der Waals surface area (Å²) in [6, 6.07) is 5.03. The van der Waals surface area contributed by atoms with Gasteiger partial charge in [0.15, 0.2) is 12.4 Å². The van der Waals surface area contributed by atoms with Crippen LogP contribution in [0.2, 0.25) is 0 Å². The van der Waals surface area contributed by atoms with Gasteiger partial charge in [0.25, 0.3) is 5.91 Å². The summed E-state index contributed by atoms with van der Waals surface area (Å²) in [5.74, 6) is -1.48. The summed E-state index contributed by atoms with van der Waals surface area (Å²) >= 11 is 0. The van der Waals surface area contributed by atoms with Crippen molar-refractivity contribution < 1.29 is 23.9 Å². The summed E-state index contributed by atoms with van der Waals surface area (Å²) in [4.78, 5) is 47.2. The summed E-state index contributed by atoms with van der Waals surface area (Å²) in [5.41, 5.74) is 3.12. The van der Waals surface area contributed by atoms with Gasteiger partial charge >= 0.3 is 12.0 Å². The molecule has 3 amide bonds. The molecule has 1 aromatic carbocycles. The molecule has 1 atom stereocenters. The minimum Gasteiger partial charge on any atom is -0.456 e. The van der Waals surface area contributed by atoms with Crippen LogP contribution in [0.15, 0.2) is 18.2 Å². The van der Waals surface area contributed by atoms with Crippen LogP contribution in [0.5, 0.6) is 0 Å². The smallest absolute Gasteiger partial charge is 0.321 e. The summed E-state index contributed by atoms with van der Waals surface area (Å²) < 4.78 is 4.83. The number of rotatable bonds is 8. The van der Waals surface area contributed by atoms with Gasteiger partial charge in [0.2, 0.25) is 0 Å². The lowest BCUT2D eigenvalue weighted by Crippen LogP contribution is -2.44. The zero-order valence-corrected chi connectivity index (χ0v) is 16.5. The Bertz CT molecular complexity index is 744. The van der Waals surface area contributed by atoms with Crippen molar-refractivity contribution in [1.29, 1.82) is 0 Å². The highest BCUT2D eigenvalue weighted by Crippen LogP contribution is 2.23. The summed E-state index contributed by atoms with van der Waals surface area (Å²) in [6.45, 7) is 3.16. The van der Waals surface area contributed by atoms with Crippen LogP contribution in [-0.4, -0.2) is 36.3 Å². The molecule has 7 nitrogen and oxygen atoms in total. The average molecular weight is 388 g/mol. The van der Waals surface area contributed by atoms with Gasteiger partial charge in [-0.05, 0) is 56.2 Å². The molecule has 152 valence electrons. The Hall–Kier alpha value is -2.70. The molecule has 0 aliphatic heterocycles. The third kappa shape index (κ3) is 6.79. The van der Waals surface area contributed by atoms with Crippen molar-refractivity contribution in [1.82, 2.24) is 10.6 Å². The minimum atomic E-state index is -0.713. The molecule has 0 radical (unpaired) electrons. The van der Waals surface area contributed by atoms with E-state index in [4.69, 9.17) is 4.74 Å². The Morgan fingerprint density at radius 2 is 1.79 bits per heavy atom. The lowest BCUT2D eigenvalue weighted by molar-refractivity contribution is -0.148. The van der Waals surface area contributed by atoms with Gasteiger partial charge in [0, 0.05) is 18.0 Å². The molecule has 0 saturated heterocycles. The van der Waals surface area contributed by atoms with E-state index in [9.17, 15) is 19.2 Å². The molecule has 0 aromatic heterocycles. The Labute approximate surface area is 165 Å². The third-order valence-corrected chi connectivity index (χ3v) is 4.83. The van der Waals surface area contributed by atoms with E-state index in [1.54, 1.807) is 6.07 Å². The molecule has 2 rings (SSSR count). The first-order valence-corrected chi connectivity index (χ1v) is 9.80. The largest absolute Gasteiger partial charge is 0.456 e. The van der Waals surface area contributed by atoms with Gasteiger partial charge in [0.05, 0.1) is 6.42 Å². The Morgan fingerprint density at radius 1 is 1.07 bits per heavy atom. The van der Waals surface area contributed by atoms with Crippen molar-refractivity contribution in [3.8, 4) is 0 Å². The molecule has 2 N–H and O–H groups in total. The summed E-state index contributed by atoms with van der Waals surface area (Å²) in [7, 11) is 0. The fourth-order valence-corrected chi connectivity index (χ4v) is 3.01. The van der Waals surface area contributed by atoms with Crippen LogP contribution in [0.4, 0.5) is 4.79 Å². The van der Waals surface area contributed by atoms with Crippen LogP contribution >= 0.6 is 0 Å². The number of ether oxygens (including phenoxy) is 1. The number of aryl methyl sites for hydroxylation is 2. The second-order valence-corrected chi connectivity index (χ2v) is 7.11. The molecular weight excluding hydrogens is 360 g/mol. The van der Waals surface area contributed by atoms with Gasteiger partial charge in [-0.25, -0.2) is 4.79 Å². The number of imide groups is 1. The molecule has 0 saturated carbocycles. The molecule has 0 heterocycles. The lowest BCUT2D eigenvalue weighted by Gasteiger charge is -2.16. The topological polar surface area (TPSA) is 102 Å². The second-order valence-electron chi connectivity index (χ2n) is 7.11. The highest BCUT2D eigenvalue weighted by Gasteiger charge is 2.16. The quantitative estimate of drug-likeness (QED) is 0.527. The van der Waals surface area contributed by atoms with Crippen molar-refractivity contribution in [2.24, 2.45) is 0 Å². The highest BCUT2D eigenvalue weighted by molar-refractivity contribution is 5.98. The van der Waals surface area contributed by atoms with Crippen molar-refractivity contribution in [3.05, 3.63) is 34.9 Å². The summed E-state index contributed by atoms with van der Waals surface area (Å²) in [6.07, 6.45) is 4.99. The molecule has 28 heavy (non-hydrogen) atoms. The van der Waals surface area contributed by atoms with Gasteiger partial charge in [-0.15, -0.1) is 0 Å². The van der Waals surface area contributed by atoms with E-state index in [0.717, 1.165) is 25.7 Å². The Balaban J connectivity index is 1.71. The van der Waals surface area contributed by atoms with E-state index in [-0.39, 0.29) is 24.7 Å². The van der Waals surface area contributed by atoms with E-state index in [0.29, 0.717) is 5.56 Å². The Morgan fingerprint density at radius 3 is 2.50 bits per heavy atom. The van der Waals surface area contributed by atoms with Crippen LogP contribution < -0.4 is 10.6 Å². The van der Waals surface area contributed by atoms with Gasteiger partial charge in [-0.3, -0.25) is 19.7 Å². The molecule has 0 fully saturated rings. The van der Waals surface area contributed by atoms with Crippen LogP contribution in [0, 0.1) is 0 Å². The fourth-order valence-electron chi connectivity index (χ4n) is 3.01. The number of esters is 1. The van der Waals surface area contributed by atoms with Crippen molar-refractivity contribution in [2.45, 2.75) is 64.8 Å². The van der Waals surface area contributed by atoms with E-state index in [1.165, 1.54) is 17.5 Å². The number of hydrogen-bond acceptors (Lipinski definition) is 5. The van der Waals surface area contributed by atoms with Gasteiger partial charge in [-0.2, -0.15) is 0 Å².